The van der Waals surface area contributed by atoms with Gasteiger partial charge in [0.25, 0.3) is 0 Å². The second-order valence-corrected chi connectivity index (χ2v) is 6.39. The van der Waals surface area contributed by atoms with Crippen molar-refractivity contribution >= 4 is 0 Å². The van der Waals surface area contributed by atoms with Gasteiger partial charge in [0.15, 0.2) is 6.29 Å². The third-order valence-electron chi connectivity index (χ3n) is 4.40. The normalized spacial score (nSPS) is 31.4. The molecular formula is C17H34O6. The highest BCUT2D eigenvalue weighted by atomic mass is 16.7. The molecule has 0 aromatic heterocycles. The van der Waals surface area contributed by atoms with Crippen LogP contribution in [0, 0.1) is 0 Å². The van der Waals surface area contributed by atoms with E-state index in [-0.39, 0.29) is 0 Å². The monoisotopic (exact) mass is 334 g/mol. The van der Waals surface area contributed by atoms with Crippen LogP contribution in [0.25, 0.3) is 0 Å². The van der Waals surface area contributed by atoms with Crippen LogP contribution in [0.2, 0.25) is 0 Å². The van der Waals surface area contributed by atoms with E-state index in [2.05, 4.69) is 6.92 Å². The van der Waals surface area contributed by atoms with E-state index in [1.165, 1.54) is 38.5 Å². The molecule has 6 heteroatoms. The smallest absolute Gasteiger partial charge is 0.184 e. The molecule has 1 aliphatic rings. The standard InChI is InChI=1S/C17H34O6/c1-2-3-4-5-6-7-8-9-10-11-22-16-15(20)14(19)13(12-18)23-17(16)21/h13-21H,2-12H2,1H3/t13-,14-,15+,16-,17?/m1/s1. The van der Waals surface area contributed by atoms with Gasteiger partial charge in [0, 0.05) is 6.61 Å². The Labute approximate surface area is 139 Å². The quantitative estimate of drug-likeness (QED) is 0.402. The number of rotatable bonds is 12. The summed E-state index contributed by atoms with van der Waals surface area (Å²) in [7, 11) is 0. The van der Waals surface area contributed by atoms with E-state index in [1.807, 2.05) is 0 Å². The Balaban J connectivity index is 2.06. The van der Waals surface area contributed by atoms with E-state index in [4.69, 9.17) is 14.6 Å². The van der Waals surface area contributed by atoms with Crippen molar-refractivity contribution in [1.82, 2.24) is 0 Å². The number of hydrogen-bond acceptors (Lipinski definition) is 6. The highest BCUT2D eigenvalue weighted by Gasteiger charge is 2.44. The van der Waals surface area contributed by atoms with Gasteiger partial charge in [-0.2, -0.15) is 0 Å². The van der Waals surface area contributed by atoms with Gasteiger partial charge >= 0.3 is 0 Å². The Hall–Kier alpha value is -0.240. The van der Waals surface area contributed by atoms with Crippen molar-refractivity contribution in [2.75, 3.05) is 13.2 Å². The first-order valence-electron chi connectivity index (χ1n) is 9.04. The summed E-state index contributed by atoms with van der Waals surface area (Å²) in [6.07, 6.45) is 5.03. The lowest BCUT2D eigenvalue weighted by atomic mass is 9.99. The molecule has 6 nitrogen and oxygen atoms in total. The topological polar surface area (TPSA) is 99.4 Å². The maximum absolute atomic E-state index is 9.93. The summed E-state index contributed by atoms with van der Waals surface area (Å²) in [4.78, 5) is 0. The molecule has 0 aromatic carbocycles. The van der Waals surface area contributed by atoms with E-state index < -0.39 is 37.3 Å². The Morgan fingerprint density at radius 3 is 1.96 bits per heavy atom. The van der Waals surface area contributed by atoms with Crippen LogP contribution in [0.15, 0.2) is 0 Å². The van der Waals surface area contributed by atoms with Gasteiger partial charge in [0.05, 0.1) is 6.61 Å². The van der Waals surface area contributed by atoms with Crippen molar-refractivity contribution in [2.45, 2.75) is 95.4 Å². The maximum Gasteiger partial charge on any atom is 0.184 e. The molecule has 0 spiro atoms. The fourth-order valence-electron chi connectivity index (χ4n) is 2.88. The summed E-state index contributed by atoms with van der Waals surface area (Å²) < 4.78 is 10.5. The number of aliphatic hydroxyl groups is 4. The Morgan fingerprint density at radius 1 is 0.826 bits per heavy atom. The summed E-state index contributed by atoms with van der Waals surface area (Å²) in [5.74, 6) is 0. The zero-order valence-corrected chi connectivity index (χ0v) is 14.3. The first kappa shape index (κ1) is 20.8. The average molecular weight is 334 g/mol. The van der Waals surface area contributed by atoms with Crippen molar-refractivity contribution < 1.29 is 29.9 Å². The molecule has 1 rings (SSSR count). The molecule has 1 heterocycles. The van der Waals surface area contributed by atoms with Crippen LogP contribution >= 0.6 is 0 Å². The highest BCUT2D eigenvalue weighted by molar-refractivity contribution is 4.89. The third kappa shape index (κ3) is 7.45. The average Bonchev–Trinajstić information content (AvgIpc) is 2.55. The minimum absolute atomic E-state index is 0.411. The van der Waals surface area contributed by atoms with Crippen LogP contribution < -0.4 is 0 Å². The van der Waals surface area contributed by atoms with Gasteiger partial charge in [0.1, 0.15) is 24.4 Å². The van der Waals surface area contributed by atoms with Crippen LogP contribution in [0.5, 0.6) is 0 Å². The van der Waals surface area contributed by atoms with Crippen LogP contribution in [0.4, 0.5) is 0 Å². The van der Waals surface area contributed by atoms with Crippen LogP contribution in [0.1, 0.15) is 64.7 Å². The van der Waals surface area contributed by atoms with Crippen molar-refractivity contribution in [3.63, 3.8) is 0 Å². The molecule has 0 aliphatic carbocycles. The molecule has 0 bridgehead atoms. The van der Waals surface area contributed by atoms with Crippen molar-refractivity contribution in [3.05, 3.63) is 0 Å². The summed E-state index contributed by atoms with van der Waals surface area (Å²) >= 11 is 0. The van der Waals surface area contributed by atoms with Gasteiger partial charge in [-0.1, -0.05) is 58.3 Å². The number of unbranched alkanes of at least 4 members (excludes halogenated alkanes) is 8. The number of aliphatic hydroxyl groups excluding tert-OH is 4. The second-order valence-electron chi connectivity index (χ2n) is 6.39. The predicted octanol–water partition coefficient (Wildman–Crippen LogP) is 1.33. The zero-order valence-electron chi connectivity index (χ0n) is 14.3. The Kier molecular flexibility index (Phi) is 11.0. The van der Waals surface area contributed by atoms with Gasteiger partial charge < -0.3 is 29.9 Å². The maximum atomic E-state index is 9.93. The van der Waals surface area contributed by atoms with Gasteiger partial charge in [-0.25, -0.2) is 0 Å². The SMILES string of the molecule is CCCCCCCCCCCO[C@H]1C(O)O[C@H](CO)[C@@H](O)[C@@H]1O. The molecule has 0 saturated carbocycles. The summed E-state index contributed by atoms with van der Waals surface area (Å²) in [6, 6.07) is 0. The number of ether oxygens (including phenoxy) is 2. The van der Waals surface area contributed by atoms with Crippen molar-refractivity contribution in [3.8, 4) is 0 Å². The zero-order chi connectivity index (χ0) is 17.1. The third-order valence-corrected chi connectivity index (χ3v) is 4.40. The Morgan fingerprint density at radius 2 is 1.39 bits per heavy atom. The van der Waals surface area contributed by atoms with E-state index in [9.17, 15) is 15.3 Å². The predicted molar refractivity (Wildman–Crippen MR) is 86.9 cm³/mol. The molecule has 0 aromatic rings. The van der Waals surface area contributed by atoms with Gasteiger partial charge in [0.2, 0.25) is 0 Å². The van der Waals surface area contributed by atoms with Crippen molar-refractivity contribution in [1.29, 1.82) is 0 Å². The van der Waals surface area contributed by atoms with Crippen LogP contribution in [-0.2, 0) is 9.47 Å². The molecule has 23 heavy (non-hydrogen) atoms. The first-order chi connectivity index (χ1) is 11.1. The highest BCUT2D eigenvalue weighted by Crippen LogP contribution is 2.22. The summed E-state index contributed by atoms with van der Waals surface area (Å²) in [6.45, 7) is 2.17. The van der Waals surface area contributed by atoms with Crippen molar-refractivity contribution in [2.24, 2.45) is 0 Å². The molecule has 0 radical (unpaired) electrons. The molecule has 1 fully saturated rings. The van der Waals surface area contributed by atoms with E-state index in [1.54, 1.807) is 0 Å². The summed E-state index contributed by atoms with van der Waals surface area (Å²) in [5.41, 5.74) is 0. The van der Waals surface area contributed by atoms with Gasteiger partial charge in [-0.15, -0.1) is 0 Å². The number of hydrogen-bond donors (Lipinski definition) is 4. The fourth-order valence-corrected chi connectivity index (χ4v) is 2.88. The van der Waals surface area contributed by atoms with Gasteiger partial charge in [-0.05, 0) is 6.42 Å². The summed E-state index contributed by atoms with van der Waals surface area (Å²) in [5, 5.41) is 38.5. The van der Waals surface area contributed by atoms with E-state index in [0.717, 1.165) is 19.3 Å². The first-order valence-corrected chi connectivity index (χ1v) is 9.04. The van der Waals surface area contributed by atoms with Crippen LogP contribution in [0.3, 0.4) is 0 Å². The fraction of sp³-hybridized carbons (Fsp3) is 1.00. The molecule has 138 valence electrons. The van der Waals surface area contributed by atoms with E-state index in [0.29, 0.717) is 6.61 Å². The molecule has 5 atom stereocenters. The second kappa shape index (κ2) is 12.2. The van der Waals surface area contributed by atoms with Gasteiger partial charge in [-0.3, -0.25) is 0 Å². The minimum atomic E-state index is -1.33. The molecule has 4 N–H and O–H groups in total. The largest absolute Gasteiger partial charge is 0.394 e. The molecule has 0 amide bonds. The molecule has 1 aliphatic heterocycles. The Bertz CT molecular complexity index is 288. The lowest BCUT2D eigenvalue weighted by Gasteiger charge is -2.39. The molecular weight excluding hydrogens is 300 g/mol. The molecule has 1 saturated heterocycles. The van der Waals surface area contributed by atoms with Crippen LogP contribution in [-0.4, -0.2) is 64.3 Å². The minimum Gasteiger partial charge on any atom is -0.394 e. The van der Waals surface area contributed by atoms with E-state index >= 15 is 0 Å². The lowest BCUT2D eigenvalue weighted by Crippen LogP contribution is -2.59. The lowest BCUT2D eigenvalue weighted by molar-refractivity contribution is -0.296. The molecule has 1 unspecified atom stereocenters.